The molecule has 0 spiro atoms. The van der Waals surface area contributed by atoms with Gasteiger partial charge >= 0.3 is 10.4 Å². The van der Waals surface area contributed by atoms with Crippen LogP contribution < -0.4 is 0 Å². The first-order valence-corrected chi connectivity index (χ1v) is 2.82. The molecule has 0 N–H and O–H groups in total. The second-order valence-electron chi connectivity index (χ2n) is 0.847. The molecule has 0 aliphatic carbocycles. The Morgan fingerprint density at radius 2 is 2.00 bits per heavy atom. The minimum absolute atomic E-state index is 1.69. The van der Waals surface area contributed by atoms with Gasteiger partial charge in [-0.3, -0.25) is 4.89 Å². The van der Waals surface area contributed by atoms with Crippen molar-refractivity contribution in [1.29, 1.82) is 0 Å². The molecule has 0 atom stereocenters. The maximum absolute atomic E-state index is 9.98. The van der Waals surface area contributed by atoms with Crippen LogP contribution in [-0.2, 0) is 23.8 Å². The van der Waals surface area contributed by atoms with E-state index in [4.69, 9.17) is 0 Å². The number of hydrogen-bond donors (Lipinski definition) is 0. The van der Waals surface area contributed by atoms with Gasteiger partial charge < -0.3 is 4.18 Å². The first-order valence-electron chi connectivity index (χ1n) is 1.49. The molecule has 1 aliphatic rings. The fourth-order valence-corrected chi connectivity index (χ4v) is 0.439. The van der Waals surface area contributed by atoms with E-state index in [1.54, 1.807) is 12.2 Å². The third-order valence-corrected chi connectivity index (χ3v) is 0.867. The zero-order valence-corrected chi connectivity index (χ0v) is 4.27. The zero-order chi connectivity index (χ0) is 6.04. The van der Waals surface area contributed by atoms with Gasteiger partial charge in [0, 0.05) is 0 Å². The molecule has 0 bridgehead atoms. The summed E-state index contributed by atoms with van der Waals surface area (Å²) in [5.74, 6) is 0. The van der Waals surface area contributed by atoms with Gasteiger partial charge in [-0.05, 0) is 4.33 Å². The predicted octanol–water partition coefficient (Wildman–Crippen LogP) is -0.872. The predicted molar refractivity (Wildman–Crippen MR) is 20.0 cm³/mol. The van der Waals surface area contributed by atoms with Gasteiger partial charge in [-0.15, -0.1) is 0 Å². The minimum atomic E-state index is -3.98. The summed E-state index contributed by atoms with van der Waals surface area (Å²) < 4.78 is 27.2. The van der Waals surface area contributed by atoms with Crippen molar-refractivity contribution in [1.82, 2.24) is 0 Å². The van der Waals surface area contributed by atoms with Crippen molar-refractivity contribution < 1.29 is 21.8 Å². The van der Waals surface area contributed by atoms with Crippen LogP contribution in [0.4, 0.5) is 0 Å². The third kappa shape index (κ3) is 1.02. The Morgan fingerprint density at radius 3 is 2.25 bits per heavy atom. The summed E-state index contributed by atoms with van der Waals surface area (Å²) in [5, 5.41) is 0. The summed E-state index contributed by atoms with van der Waals surface area (Å²) in [6.45, 7) is 0. The first-order chi connectivity index (χ1) is 3.71. The van der Waals surface area contributed by atoms with E-state index in [1.165, 1.54) is 0 Å². The molecular weight excluding hydrogens is 136 g/mol. The van der Waals surface area contributed by atoms with Gasteiger partial charge in [-0.25, -0.2) is 0 Å². The van der Waals surface area contributed by atoms with Crippen molar-refractivity contribution in [3.8, 4) is 12.2 Å². The van der Waals surface area contributed by atoms with Crippen LogP contribution in [-0.4, -0.2) is 8.42 Å². The van der Waals surface area contributed by atoms with Gasteiger partial charge in [-0.1, -0.05) is 0 Å². The average Bonchev–Trinajstić information content (AvgIpc) is 1.65. The van der Waals surface area contributed by atoms with Crippen LogP contribution in [0, 0.1) is 12.2 Å². The molecule has 0 aromatic heterocycles. The molecule has 0 aromatic rings. The maximum Gasteiger partial charge on any atom is 0.494 e. The standard InChI is InChI=1S/C2O5S/c3-8(4)6-2-1-5-7-8. The zero-order valence-electron chi connectivity index (χ0n) is 3.45. The molecular formula is C2O5S. The molecule has 0 radical (unpaired) electrons. The molecule has 0 fully saturated rings. The minimum Gasteiger partial charge on any atom is -0.301 e. The maximum atomic E-state index is 9.98. The Morgan fingerprint density at radius 1 is 1.25 bits per heavy atom. The van der Waals surface area contributed by atoms with E-state index in [0.717, 1.165) is 0 Å². The lowest BCUT2D eigenvalue weighted by Crippen LogP contribution is -2.09. The van der Waals surface area contributed by atoms with E-state index in [2.05, 4.69) is 13.4 Å². The highest BCUT2D eigenvalue weighted by Crippen LogP contribution is 1.97. The summed E-state index contributed by atoms with van der Waals surface area (Å²) in [6, 6.07) is 0. The largest absolute Gasteiger partial charge is 0.494 e. The smallest absolute Gasteiger partial charge is 0.301 e. The van der Waals surface area contributed by atoms with Crippen LogP contribution in [0.15, 0.2) is 0 Å². The number of hydrogen-bond acceptors (Lipinski definition) is 5. The first kappa shape index (κ1) is 5.21. The topological polar surface area (TPSA) is 61.8 Å². The summed E-state index contributed by atoms with van der Waals surface area (Å²) in [6.07, 6.45) is 3.46. The van der Waals surface area contributed by atoms with Crippen LogP contribution in [0.1, 0.15) is 0 Å². The van der Waals surface area contributed by atoms with E-state index < -0.39 is 10.4 Å². The molecule has 0 saturated heterocycles. The van der Waals surface area contributed by atoms with Gasteiger partial charge in [0.15, 0.2) is 6.11 Å². The summed E-state index contributed by atoms with van der Waals surface area (Å²) in [4.78, 5) is 3.71. The van der Waals surface area contributed by atoms with Crippen LogP contribution >= 0.6 is 0 Å². The van der Waals surface area contributed by atoms with Crippen molar-refractivity contribution in [3.05, 3.63) is 0 Å². The molecule has 5 nitrogen and oxygen atoms in total. The molecule has 1 aliphatic heterocycles. The molecule has 0 amide bonds. The van der Waals surface area contributed by atoms with Crippen molar-refractivity contribution in [2.75, 3.05) is 0 Å². The quantitative estimate of drug-likeness (QED) is 0.320. The van der Waals surface area contributed by atoms with Gasteiger partial charge in [-0.2, -0.15) is 8.42 Å². The van der Waals surface area contributed by atoms with E-state index in [-0.39, 0.29) is 0 Å². The lowest BCUT2D eigenvalue weighted by atomic mass is 11.2. The lowest BCUT2D eigenvalue weighted by Gasteiger charge is -1.97. The highest BCUT2D eigenvalue weighted by atomic mass is 32.3. The van der Waals surface area contributed by atoms with Gasteiger partial charge in [0.05, 0.1) is 0 Å². The van der Waals surface area contributed by atoms with Crippen molar-refractivity contribution in [2.45, 2.75) is 0 Å². The molecule has 0 saturated carbocycles. The van der Waals surface area contributed by atoms with Crippen molar-refractivity contribution in [2.24, 2.45) is 0 Å². The highest BCUT2D eigenvalue weighted by molar-refractivity contribution is 7.81. The van der Waals surface area contributed by atoms with Gasteiger partial charge in [0.2, 0.25) is 6.11 Å². The van der Waals surface area contributed by atoms with Crippen molar-refractivity contribution in [3.63, 3.8) is 0 Å². The second-order valence-corrected chi connectivity index (χ2v) is 1.97. The molecule has 44 valence electrons. The summed E-state index contributed by atoms with van der Waals surface area (Å²) in [7, 11) is -3.98. The Bertz CT molecular complexity index is 227. The van der Waals surface area contributed by atoms with Crippen LogP contribution in [0.5, 0.6) is 0 Å². The van der Waals surface area contributed by atoms with Crippen LogP contribution in [0.2, 0.25) is 0 Å². The fraction of sp³-hybridized carbons (Fsp3) is 0. The summed E-state index contributed by atoms with van der Waals surface area (Å²) >= 11 is 0. The molecule has 8 heavy (non-hydrogen) atoms. The fourth-order valence-electron chi connectivity index (χ4n) is 0.158. The molecule has 0 unspecified atom stereocenters. The van der Waals surface area contributed by atoms with E-state index in [9.17, 15) is 8.42 Å². The van der Waals surface area contributed by atoms with Crippen molar-refractivity contribution >= 4 is 10.4 Å². The lowest BCUT2D eigenvalue weighted by molar-refractivity contribution is -0.142. The van der Waals surface area contributed by atoms with Crippen LogP contribution in [0.3, 0.4) is 0 Å². The normalized spacial score (nSPS) is 21.5. The monoisotopic (exact) mass is 136 g/mol. The SMILES string of the molecule is O=S1(=O)OC#COO1. The van der Waals surface area contributed by atoms with Crippen LogP contribution in [0.25, 0.3) is 0 Å². The van der Waals surface area contributed by atoms with Gasteiger partial charge in [0.1, 0.15) is 0 Å². The van der Waals surface area contributed by atoms with E-state index in [0.29, 0.717) is 0 Å². The van der Waals surface area contributed by atoms with E-state index in [1.807, 2.05) is 0 Å². The Labute approximate surface area is 45.4 Å². The Kier molecular flexibility index (Phi) is 1.00. The Balaban J connectivity index is 2.86. The highest BCUT2D eigenvalue weighted by Gasteiger charge is 2.15. The average molecular weight is 136 g/mol. The third-order valence-electron chi connectivity index (χ3n) is 0.344. The number of rotatable bonds is 0. The molecule has 0 aromatic carbocycles. The molecule has 1 heterocycles. The second kappa shape index (κ2) is 1.54. The Hall–Kier alpha value is -0.930. The molecule has 6 heteroatoms. The summed E-state index contributed by atoms with van der Waals surface area (Å²) in [5.41, 5.74) is 0. The van der Waals surface area contributed by atoms with E-state index >= 15 is 0 Å². The molecule has 1 rings (SSSR count). The van der Waals surface area contributed by atoms with Gasteiger partial charge in [0.25, 0.3) is 0 Å².